The van der Waals surface area contributed by atoms with Gasteiger partial charge in [-0.3, -0.25) is 4.79 Å². The maximum absolute atomic E-state index is 12.2. The Morgan fingerprint density at radius 1 is 1.10 bits per heavy atom. The molecule has 1 aromatic carbocycles. The standard InChI is InChI=1S/C22H28N6O2/c1-3-8-19-24-21(27-12-7-11-26(13-14-27)20(29)16-30-2)18-15-23-28(22(18)25-19)17-9-5-4-6-10-17/h4-6,9-10,15H,3,7-8,11-14,16H2,1-2H3. The average molecular weight is 409 g/mol. The molecule has 2 aromatic heterocycles. The highest BCUT2D eigenvalue weighted by molar-refractivity contribution is 5.88. The van der Waals surface area contributed by atoms with Crippen LogP contribution < -0.4 is 4.90 Å². The topological polar surface area (TPSA) is 76.4 Å². The third-order valence-corrected chi connectivity index (χ3v) is 5.34. The van der Waals surface area contributed by atoms with Gasteiger partial charge in [0.1, 0.15) is 18.2 Å². The van der Waals surface area contributed by atoms with E-state index in [1.807, 2.05) is 46.1 Å². The van der Waals surface area contributed by atoms with Crippen molar-refractivity contribution in [1.82, 2.24) is 24.6 Å². The van der Waals surface area contributed by atoms with Crippen molar-refractivity contribution >= 4 is 22.8 Å². The van der Waals surface area contributed by atoms with Crippen molar-refractivity contribution in [3.8, 4) is 5.69 Å². The van der Waals surface area contributed by atoms with E-state index in [1.54, 1.807) is 7.11 Å². The van der Waals surface area contributed by atoms with Crippen molar-refractivity contribution < 1.29 is 9.53 Å². The molecular weight excluding hydrogens is 380 g/mol. The van der Waals surface area contributed by atoms with Gasteiger partial charge in [-0.15, -0.1) is 0 Å². The second-order valence-corrected chi connectivity index (χ2v) is 7.50. The highest BCUT2D eigenvalue weighted by Gasteiger charge is 2.23. The number of aromatic nitrogens is 4. The predicted molar refractivity (Wildman–Crippen MR) is 116 cm³/mol. The van der Waals surface area contributed by atoms with Crippen LogP contribution in [0.5, 0.6) is 0 Å². The van der Waals surface area contributed by atoms with E-state index in [4.69, 9.17) is 14.7 Å². The Morgan fingerprint density at radius 2 is 1.93 bits per heavy atom. The molecule has 0 N–H and O–H groups in total. The SMILES string of the molecule is CCCc1nc(N2CCCN(C(=O)COC)CC2)c2cnn(-c3ccccc3)c2n1. The largest absolute Gasteiger partial charge is 0.375 e. The number of amides is 1. The second kappa shape index (κ2) is 9.21. The fourth-order valence-electron chi connectivity index (χ4n) is 3.87. The van der Waals surface area contributed by atoms with E-state index in [9.17, 15) is 4.79 Å². The van der Waals surface area contributed by atoms with Crippen LogP contribution in [0.4, 0.5) is 5.82 Å². The van der Waals surface area contributed by atoms with E-state index < -0.39 is 0 Å². The number of hydrogen-bond acceptors (Lipinski definition) is 6. The molecule has 4 rings (SSSR count). The van der Waals surface area contributed by atoms with Crippen LogP contribution in [0.3, 0.4) is 0 Å². The summed E-state index contributed by atoms with van der Waals surface area (Å²) in [5, 5.41) is 5.56. The number of benzene rings is 1. The number of aryl methyl sites for hydroxylation is 1. The van der Waals surface area contributed by atoms with Gasteiger partial charge in [0.05, 0.1) is 17.3 Å². The van der Waals surface area contributed by atoms with Crippen LogP contribution in [0, 0.1) is 0 Å². The molecule has 1 amide bonds. The highest BCUT2D eigenvalue weighted by atomic mass is 16.5. The number of anilines is 1. The Kier molecular flexibility index (Phi) is 6.23. The Hall–Kier alpha value is -3.00. The molecule has 0 unspecified atom stereocenters. The number of para-hydroxylation sites is 1. The van der Waals surface area contributed by atoms with Crippen LogP contribution in [0.1, 0.15) is 25.6 Å². The fourth-order valence-corrected chi connectivity index (χ4v) is 3.87. The Balaban J connectivity index is 1.69. The molecule has 1 aliphatic rings. The normalized spacial score (nSPS) is 14.9. The molecule has 1 aliphatic heterocycles. The first-order chi connectivity index (χ1) is 14.7. The van der Waals surface area contributed by atoms with Crippen LogP contribution in [0.15, 0.2) is 36.5 Å². The lowest BCUT2D eigenvalue weighted by Gasteiger charge is -2.23. The molecule has 0 bridgehead atoms. The number of carbonyl (C=O) groups excluding carboxylic acids is 1. The zero-order valence-corrected chi connectivity index (χ0v) is 17.6. The number of hydrogen-bond donors (Lipinski definition) is 0. The Bertz CT molecular complexity index is 1000. The van der Waals surface area contributed by atoms with Gasteiger partial charge in [-0.05, 0) is 25.0 Å². The predicted octanol–water partition coefficient (Wildman–Crippen LogP) is 2.45. The molecule has 0 radical (unpaired) electrons. The lowest BCUT2D eigenvalue weighted by molar-refractivity contribution is -0.134. The van der Waals surface area contributed by atoms with Crippen molar-refractivity contribution in [3.05, 3.63) is 42.4 Å². The number of fused-ring (bicyclic) bond motifs is 1. The highest BCUT2D eigenvalue weighted by Crippen LogP contribution is 2.27. The third kappa shape index (κ3) is 4.14. The minimum Gasteiger partial charge on any atom is -0.375 e. The summed E-state index contributed by atoms with van der Waals surface area (Å²) in [7, 11) is 1.55. The summed E-state index contributed by atoms with van der Waals surface area (Å²) < 4.78 is 6.90. The maximum atomic E-state index is 12.2. The van der Waals surface area contributed by atoms with Crippen LogP contribution >= 0.6 is 0 Å². The minimum atomic E-state index is 0.0377. The number of nitrogens with zero attached hydrogens (tertiary/aromatic N) is 6. The van der Waals surface area contributed by atoms with Crippen molar-refractivity contribution in [2.75, 3.05) is 44.8 Å². The van der Waals surface area contributed by atoms with Crippen LogP contribution in [-0.2, 0) is 16.0 Å². The summed E-state index contributed by atoms with van der Waals surface area (Å²) in [6.45, 7) is 5.21. The molecule has 8 heteroatoms. The van der Waals surface area contributed by atoms with Gasteiger partial charge in [-0.1, -0.05) is 25.1 Å². The van der Waals surface area contributed by atoms with Crippen LogP contribution in [-0.4, -0.2) is 70.5 Å². The number of carbonyl (C=O) groups is 1. The summed E-state index contributed by atoms with van der Waals surface area (Å²) in [6, 6.07) is 10.0. The first kappa shape index (κ1) is 20.3. The first-order valence-corrected chi connectivity index (χ1v) is 10.5. The van der Waals surface area contributed by atoms with E-state index >= 15 is 0 Å². The maximum Gasteiger partial charge on any atom is 0.248 e. The molecule has 3 heterocycles. The molecular formula is C22H28N6O2. The van der Waals surface area contributed by atoms with Gasteiger partial charge in [0.25, 0.3) is 0 Å². The van der Waals surface area contributed by atoms with Gasteiger partial charge in [0, 0.05) is 39.7 Å². The fraction of sp³-hybridized carbons (Fsp3) is 0.455. The summed E-state index contributed by atoms with van der Waals surface area (Å²) in [4.78, 5) is 26.1. The number of methoxy groups -OCH3 is 1. The van der Waals surface area contributed by atoms with Gasteiger partial charge in [-0.25, -0.2) is 14.6 Å². The van der Waals surface area contributed by atoms with Gasteiger partial charge in [0.2, 0.25) is 5.91 Å². The van der Waals surface area contributed by atoms with Crippen LogP contribution in [0.25, 0.3) is 16.7 Å². The Morgan fingerprint density at radius 3 is 2.70 bits per heavy atom. The smallest absolute Gasteiger partial charge is 0.248 e. The summed E-state index contributed by atoms with van der Waals surface area (Å²) in [6.07, 6.45) is 4.53. The summed E-state index contributed by atoms with van der Waals surface area (Å²) in [5.74, 6) is 1.77. The van der Waals surface area contributed by atoms with Crippen molar-refractivity contribution in [1.29, 1.82) is 0 Å². The van der Waals surface area contributed by atoms with Crippen molar-refractivity contribution in [2.45, 2.75) is 26.2 Å². The van der Waals surface area contributed by atoms with E-state index in [1.165, 1.54) is 0 Å². The van der Waals surface area contributed by atoms with E-state index in [0.29, 0.717) is 6.54 Å². The van der Waals surface area contributed by atoms with Crippen molar-refractivity contribution in [2.24, 2.45) is 0 Å². The van der Waals surface area contributed by atoms with Gasteiger partial charge >= 0.3 is 0 Å². The zero-order valence-electron chi connectivity index (χ0n) is 17.6. The van der Waals surface area contributed by atoms with Gasteiger partial charge < -0.3 is 14.5 Å². The van der Waals surface area contributed by atoms with Crippen molar-refractivity contribution in [3.63, 3.8) is 0 Å². The van der Waals surface area contributed by atoms with Gasteiger partial charge in [-0.2, -0.15) is 5.10 Å². The third-order valence-electron chi connectivity index (χ3n) is 5.34. The van der Waals surface area contributed by atoms with Crippen LogP contribution in [0.2, 0.25) is 0 Å². The minimum absolute atomic E-state index is 0.0377. The molecule has 1 saturated heterocycles. The summed E-state index contributed by atoms with van der Waals surface area (Å²) >= 11 is 0. The zero-order chi connectivity index (χ0) is 20.9. The monoisotopic (exact) mass is 408 g/mol. The quantitative estimate of drug-likeness (QED) is 0.624. The molecule has 3 aromatic rings. The summed E-state index contributed by atoms with van der Waals surface area (Å²) in [5.41, 5.74) is 1.80. The number of rotatable bonds is 6. The van der Waals surface area contributed by atoms with E-state index in [0.717, 1.165) is 67.3 Å². The van der Waals surface area contributed by atoms with E-state index in [-0.39, 0.29) is 12.5 Å². The molecule has 30 heavy (non-hydrogen) atoms. The molecule has 0 saturated carbocycles. The van der Waals surface area contributed by atoms with E-state index in [2.05, 4.69) is 16.9 Å². The second-order valence-electron chi connectivity index (χ2n) is 7.50. The average Bonchev–Trinajstić information content (AvgIpc) is 3.03. The lowest BCUT2D eigenvalue weighted by atomic mass is 10.2. The first-order valence-electron chi connectivity index (χ1n) is 10.5. The molecule has 0 spiro atoms. The molecule has 0 atom stereocenters. The molecule has 8 nitrogen and oxygen atoms in total. The Labute approximate surface area is 176 Å². The number of ether oxygens (including phenoxy) is 1. The molecule has 158 valence electrons. The van der Waals surface area contributed by atoms with Gasteiger partial charge in [0.15, 0.2) is 5.65 Å². The molecule has 1 fully saturated rings. The lowest BCUT2D eigenvalue weighted by Crippen LogP contribution is -2.37. The molecule has 0 aliphatic carbocycles.